The molecular weight excluding hydrogens is 351 g/mol. The van der Waals surface area contributed by atoms with Gasteiger partial charge in [-0.15, -0.1) is 0 Å². The SMILES string of the molecule is CC(=O)C(F)(F)F.C[Si](C)(C)CCOC(=O)ON1C(=O)CCC1=O. The van der Waals surface area contributed by atoms with Crippen LogP contribution in [0.4, 0.5) is 18.0 Å². The van der Waals surface area contributed by atoms with Crippen LogP contribution >= 0.6 is 0 Å². The lowest BCUT2D eigenvalue weighted by Crippen LogP contribution is -2.33. The molecule has 0 aromatic heterocycles. The number of amides is 2. The summed E-state index contributed by atoms with van der Waals surface area (Å²) in [6.07, 6.45) is -5.46. The molecule has 7 nitrogen and oxygen atoms in total. The number of hydrogen-bond donors (Lipinski definition) is 0. The summed E-state index contributed by atoms with van der Waals surface area (Å²) in [5.41, 5.74) is 0. The zero-order valence-corrected chi connectivity index (χ0v) is 14.9. The molecule has 0 aromatic rings. The fourth-order valence-corrected chi connectivity index (χ4v) is 1.91. The largest absolute Gasteiger partial charge is 0.533 e. The number of hydrogen-bond acceptors (Lipinski definition) is 6. The number of halogens is 3. The molecule has 11 heteroatoms. The van der Waals surface area contributed by atoms with Gasteiger partial charge in [0.15, 0.2) is 0 Å². The Morgan fingerprint density at radius 3 is 1.88 bits per heavy atom. The molecule has 1 rings (SSSR count). The number of alkyl halides is 3. The molecule has 0 saturated carbocycles. The van der Waals surface area contributed by atoms with Crippen molar-refractivity contribution < 1.29 is 41.9 Å². The lowest BCUT2D eigenvalue weighted by Gasteiger charge is -2.16. The summed E-state index contributed by atoms with van der Waals surface area (Å²) in [7, 11) is -1.28. The van der Waals surface area contributed by atoms with Gasteiger partial charge in [0.05, 0.1) is 6.61 Å². The lowest BCUT2D eigenvalue weighted by molar-refractivity contribution is -0.176. The second-order valence-corrected chi connectivity index (χ2v) is 11.8. The first-order valence-corrected chi connectivity index (χ1v) is 10.7. The van der Waals surface area contributed by atoms with Gasteiger partial charge in [-0.25, -0.2) is 4.79 Å². The van der Waals surface area contributed by atoms with Crippen LogP contribution in [-0.4, -0.2) is 49.7 Å². The first-order valence-electron chi connectivity index (χ1n) is 7.02. The smallest absolute Gasteiger partial charge is 0.433 e. The molecule has 0 bridgehead atoms. The number of ketones is 1. The van der Waals surface area contributed by atoms with Crippen molar-refractivity contribution in [2.24, 2.45) is 0 Å². The van der Waals surface area contributed by atoms with E-state index in [1.54, 1.807) is 0 Å². The fourth-order valence-electron chi connectivity index (χ4n) is 1.20. The van der Waals surface area contributed by atoms with E-state index in [1.807, 2.05) is 0 Å². The van der Waals surface area contributed by atoms with Crippen LogP contribution in [0.1, 0.15) is 19.8 Å². The van der Waals surface area contributed by atoms with Crippen molar-refractivity contribution in [1.82, 2.24) is 5.06 Å². The van der Waals surface area contributed by atoms with Gasteiger partial charge >= 0.3 is 12.3 Å². The Morgan fingerprint density at radius 1 is 1.12 bits per heavy atom. The Balaban J connectivity index is 0.000000640. The highest BCUT2D eigenvalue weighted by Crippen LogP contribution is 2.14. The molecule has 2 amide bonds. The molecule has 138 valence electrons. The van der Waals surface area contributed by atoms with E-state index in [0.29, 0.717) is 12.0 Å². The van der Waals surface area contributed by atoms with E-state index in [2.05, 4.69) is 24.5 Å². The maximum absolute atomic E-state index is 11.2. The Hall–Kier alpha value is -1.91. The van der Waals surface area contributed by atoms with Crippen molar-refractivity contribution in [2.45, 2.75) is 51.6 Å². The Morgan fingerprint density at radius 2 is 1.54 bits per heavy atom. The topological polar surface area (TPSA) is 90.0 Å². The van der Waals surface area contributed by atoms with Gasteiger partial charge < -0.3 is 4.74 Å². The Kier molecular flexibility index (Phi) is 8.10. The van der Waals surface area contributed by atoms with Gasteiger partial charge in [0.25, 0.3) is 11.8 Å². The first kappa shape index (κ1) is 22.1. The number of rotatable bonds is 4. The summed E-state index contributed by atoms with van der Waals surface area (Å²) in [4.78, 5) is 47.3. The molecule has 24 heavy (non-hydrogen) atoms. The monoisotopic (exact) mass is 371 g/mol. The van der Waals surface area contributed by atoms with E-state index in [1.165, 1.54) is 0 Å². The predicted octanol–water partition coefficient (Wildman–Crippen LogP) is 2.68. The summed E-state index contributed by atoms with van der Waals surface area (Å²) < 4.78 is 37.3. The lowest BCUT2D eigenvalue weighted by atomic mass is 10.4. The second-order valence-electron chi connectivity index (χ2n) is 6.14. The minimum absolute atomic E-state index is 0.0843. The van der Waals surface area contributed by atoms with Crippen LogP contribution in [-0.2, 0) is 24.0 Å². The van der Waals surface area contributed by atoms with Crippen molar-refractivity contribution in [3.05, 3.63) is 0 Å². The highest BCUT2D eigenvalue weighted by molar-refractivity contribution is 6.76. The minimum Gasteiger partial charge on any atom is -0.433 e. The Labute approximate surface area is 138 Å². The van der Waals surface area contributed by atoms with Crippen molar-refractivity contribution in [3.8, 4) is 0 Å². The van der Waals surface area contributed by atoms with Crippen LogP contribution in [0, 0.1) is 0 Å². The van der Waals surface area contributed by atoms with Crippen molar-refractivity contribution in [1.29, 1.82) is 0 Å². The van der Waals surface area contributed by atoms with Gasteiger partial charge in [0.1, 0.15) is 0 Å². The van der Waals surface area contributed by atoms with Crippen LogP contribution in [0.3, 0.4) is 0 Å². The molecule has 0 aliphatic carbocycles. The van der Waals surface area contributed by atoms with Crippen molar-refractivity contribution in [2.75, 3.05) is 6.61 Å². The van der Waals surface area contributed by atoms with Crippen LogP contribution in [0.2, 0.25) is 25.7 Å². The van der Waals surface area contributed by atoms with Gasteiger partial charge in [-0.1, -0.05) is 24.7 Å². The maximum atomic E-state index is 11.2. The predicted molar refractivity (Wildman–Crippen MR) is 78.4 cm³/mol. The van der Waals surface area contributed by atoms with Crippen molar-refractivity contribution in [3.63, 3.8) is 0 Å². The van der Waals surface area contributed by atoms with Gasteiger partial charge in [0, 0.05) is 27.8 Å². The molecule has 1 fully saturated rings. The van der Waals surface area contributed by atoms with Crippen LogP contribution in [0.5, 0.6) is 0 Å². The zero-order valence-electron chi connectivity index (χ0n) is 13.9. The van der Waals surface area contributed by atoms with E-state index in [9.17, 15) is 32.3 Å². The average molecular weight is 371 g/mol. The molecule has 1 heterocycles. The number of carbonyl (C=O) groups is 4. The highest BCUT2D eigenvalue weighted by atomic mass is 28.3. The number of carbonyl (C=O) groups excluding carboxylic acids is 4. The van der Waals surface area contributed by atoms with Crippen LogP contribution in [0.25, 0.3) is 0 Å². The summed E-state index contributed by atoms with van der Waals surface area (Å²) in [5, 5.41) is 0.483. The van der Waals surface area contributed by atoms with Crippen LogP contribution < -0.4 is 0 Å². The number of ether oxygens (including phenoxy) is 1. The van der Waals surface area contributed by atoms with Crippen LogP contribution in [0.15, 0.2) is 0 Å². The molecule has 0 spiro atoms. The van der Waals surface area contributed by atoms with E-state index in [4.69, 9.17) is 4.74 Å². The molecule has 0 N–H and O–H groups in total. The highest BCUT2D eigenvalue weighted by Gasteiger charge is 2.34. The molecule has 0 radical (unpaired) electrons. The number of hydroxylamine groups is 2. The number of nitrogens with zero attached hydrogens (tertiary/aromatic N) is 1. The number of Topliss-reactive ketones (excluding diaryl/α,β-unsaturated/α-hetero) is 1. The third kappa shape index (κ3) is 9.28. The molecule has 0 atom stereocenters. The zero-order chi connectivity index (χ0) is 19.1. The molecule has 0 unspecified atom stereocenters. The average Bonchev–Trinajstić information content (AvgIpc) is 2.68. The van der Waals surface area contributed by atoms with E-state index in [-0.39, 0.29) is 19.4 Å². The molecule has 0 aromatic carbocycles. The number of imide groups is 1. The van der Waals surface area contributed by atoms with E-state index >= 15 is 0 Å². The van der Waals surface area contributed by atoms with Gasteiger partial charge in [-0.05, 0) is 6.04 Å². The fraction of sp³-hybridized carbons (Fsp3) is 0.692. The molecular formula is C13H20F3NO6Si. The third-order valence-corrected chi connectivity index (χ3v) is 4.35. The van der Waals surface area contributed by atoms with Crippen molar-refractivity contribution >= 4 is 31.8 Å². The Bertz CT molecular complexity index is 485. The summed E-state index contributed by atoms with van der Waals surface area (Å²) in [6, 6.07) is 0.810. The van der Waals surface area contributed by atoms with Gasteiger partial charge in [0.2, 0.25) is 5.78 Å². The summed E-state index contributed by atoms with van der Waals surface area (Å²) in [6.45, 7) is 7.18. The maximum Gasteiger partial charge on any atom is 0.533 e. The normalized spacial score (nSPS) is 14.9. The third-order valence-electron chi connectivity index (χ3n) is 2.64. The molecule has 1 aliphatic rings. The van der Waals surface area contributed by atoms with E-state index < -0.39 is 38.0 Å². The molecule has 1 saturated heterocycles. The molecule has 1 aliphatic heterocycles. The summed E-state index contributed by atoms with van der Waals surface area (Å²) in [5.74, 6) is -2.76. The standard InChI is InChI=1S/C10H17NO5Si.C3H3F3O/c1-17(2,3)7-6-15-10(14)16-11-8(12)4-5-9(11)13;1-2(7)3(4,5)6/h4-7H2,1-3H3;1H3. The second kappa shape index (κ2) is 8.80. The van der Waals surface area contributed by atoms with E-state index in [0.717, 1.165) is 6.04 Å². The van der Waals surface area contributed by atoms with Gasteiger partial charge in [-0.3, -0.25) is 19.2 Å². The summed E-state index contributed by atoms with van der Waals surface area (Å²) >= 11 is 0. The minimum atomic E-state index is -4.64. The van der Waals surface area contributed by atoms with Gasteiger partial charge in [-0.2, -0.15) is 13.2 Å². The first-order chi connectivity index (χ1) is 10.7. The quantitative estimate of drug-likeness (QED) is 0.429.